The zero-order valence-electron chi connectivity index (χ0n) is 13.4. The summed E-state index contributed by atoms with van der Waals surface area (Å²) >= 11 is 5.68. The van der Waals surface area contributed by atoms with Crippen molar-refractivity contribution in [2.24, 2.45) is 0 Å². The molecule has 2 aromatic rings. The second-order valence-corrected chi connectivity index (χ2v) is 8.43. The first-order chi connectivity index (χ1) is 12.3. The molecule has 26 heavy (non-hydrogen) atoms. The van der Waals surface area contributed by atoms with Crippen molar-refractivity contribution in [2.75, 3.05) is 16.8 Å². The Bertz CT molecular complexity index is 998. The van der Waals surface area contributed by atoms with E-state index in [2.05, 4.69) is 10.0 Å². The zero-order valence-corrected chi connectivity index (χ0v) is 15.0. The van der Waals surface area contributed by atoms with Gasteiger partial charge in [-0.3, -0.25) is 4.79 Å². The lowest BCUT2D eigenvalue weighted by Crippen LogP contribution is -2.44. The number of hydrogen-bond acceptors (Lipinski definition) is 4. The molecule has 1 amide bonds. The van der Waals surface area contributed by atoms with Gasteiger partial charge >= 0.3 is 0 Å². The lowest BCUT2D eigenvalue weighted by atomic mass is 10.1. The van der Waals surface area contributed by atoms with Gasteiger partial charge in [0.1, 0.15) is 11.9 Å². The molecule has 2 unspecified atom stereocenters. The molecule has 2 heterocycles. The molecular weight excluding hydrogens is 381 g/mol. The van der Waals surface area contributed by atoms with Crippen molar-refractivity contribution in [1.82, 2.24) is 4.72 Å². The lowest BCUT2D eigenvalue weighted by molar-refractivity contribution is -0.117. The zero-order chi connectivity index (χ0) is 18.5. The summed E-state index contributed by atoms with van der Waals surface area (Å²) in [4.78, 5) is 14.1. The van der Waals surface area contributed by atoms with Gasteiger partial charge in [0, 0.05) is 12.6 Å². The highest BCUT2D eigenvalue weighted by Crippen LogP contribution is 2.36. The van der Waals surface area contributed by atoms with Gasteiger partial charge in [-0.25, -0.2) is 17.5 Å². The molecule has 0 radical (unpaired) electrons. The summed E-state index contributed by atoms with van der Waals surface area (Å²) in [5.74, 6) is -0.841. The molecule has 2 aromatic carbocycles. The molecule has 2 atom stereocenters. The third-order valence-corrected chi connectivity index (χ3v) is 6.41. The molecule has 136 valence electrons. The van der Waals surface area contributed by atoms with E-state index < -0.39 is 27.9 Å². The van der Waals surface area contributed by atoms with Crippen LogP contribution in [0.15, 0.2) is 47.4 Å². The monoisotopic (exact) mass is 395 g/mol. The Balaban J connectivity index is 1.57. The van der Waals surface area contributed by atoms with Gasteiger partial charge in [0.05, 0.1) is 21.3 Å². The Morgan fingerprint density at radius 2 is 2.00 bits per heavy atom. The van der Waals surface area contributed by atoms with E-state index in [1.807, 2.05) is 29.2 Å². The first-order valence-electron chi connectivity index (χ1n) is 7.99. The molecule has 9 heteroatoms. The van der Waals surface area contributed by atoms with Crippen LogP contribution in [-0.4, -0.2) is 33.0 Å². The van der Waals surface area contributed by atoms with Crippen molar-refractivity contribution in [2.45, 2.75) is 23.4 Å². The smallest absolute Gasteiger partial charge is 0.247 e. The fourth-order valence-electron chi connectivity index (χ4n) is 3.41. The van der Waals surface area contributed by atoms with Gasteiger partial charge in [-0.1, -0.05) is 23.7 Å². The average Bonchev–Trinajstić information content (AvgIpc) is 3.01. The number of hydrogen-bond donors (Lipinski definition) is 2. The average molecular weight is 396 g/mol. The van der Waals surface area contributed by atoms with Crippen molar-refractivity contribution in [3.05, 3.63) is 53.3 Å². The van der Waals surface area contributed by atoms with E-state index >= 15 is 0 Å². The summed E-state index contributed by atoms with van der Waals surface area (Å²) in [5, 5.41) is 2.58. The molecule has 4 rings (SSSR count). The molecule has 6 nitrogen and oxygen atoms in total. The third-order valence-electron chi connectivity index (χ3n) is 4.60. The summed E-state index contributed by atoms with van der Waals surface area (Å²) in [7, 11) is -3.88. The number of nitrogens with one attached hydrogen (secondary N) is 2. The SMILES string of the molecule is O=C1Nc2ccccc2N2CC(NS(=O)(=O)c3ccc(F)c(Cl)c3)CC12. The third kappa shape index (κ3) is 2.94. The highest BCUT2D eigenvalue weighted by atomic mass is 35.5. The van der Waals surface area contributed by atoms with E-state index in [1.165, 1.54) is 0 Å². The standard InChI is InChI=1S/C17H15ClFN3O3S/c18-12-8-11(5-6-13(12)19)26(24,25)21-10-7-16-17(23)20-14-3-1-2-4-15(14)22(16)9-10/h1-6,8,10,16,21H,7,9H2,(H,20,23). The first kappa shape index (κ1) is 17.3. The summed E-state index contributed by atoms with van der Waals surface area (Å²) in [6.45, 7) is 0.364. The molecule has 0 bridgehead atoms. The van der Waals surface area contributed by atoms with Crippen LogP contribution in [0.5, 0.6) is 0 Å². The van der Waals surface area contributed by atoms with Gasteiger partial charge in [-0.15, -0.1) is 0 Å². The topological polar surface area (TPSA) is 78.5 Å². The number of sulfonamides is 1. The second kappa shape index (κ2) is 6.22. The van der Waals surface area contributed by atoms with Crippen LogP contribution >= 0.6 is 11.6 Å². The number of rotatable bonds is 3. The van der Waals surface area contributed by atoms with E-state index in [9.17, 15) is 17.6 Å². The van der Waals surface area contributed by atoms with Gasteiger partial charge in [0.25, 0.3) is 0 Å². The Morgan fingerprint density at radius 1 is 1.23 bits per heavy atom. The number of amides is 1. The van der Waals surface area contributed by atoms with E-state index in [0.717, 1.165) is 23.9 Å². The van der Waals surface area contributed by atoms with Crippen LogP contribution in [0, 0.1) is 5.82 Å². The van der Waals surface area contributed by atoms with Crippen LogP contribution in [-0.2, 0) is 14.8 Å². The minimum atomic E-state index is -3.88. The number of benzene rings is 2. The van der Waals surface area contributed by atoms with E-state index in [0.29, 0.717) is 18.7 Å². The van der Waals surface area contributed by atoms with Crippen LogP contribution < -0.4 is 14.9 Å². The van der Waals surface area contributed by atoms with E-state index in [1.54, 1.807) is 0 Å². The molecule has 2 aliphatic heterocycles. The van der Waals surface area contributed by atoms with Gasteiger partial charge in [-0.2, -0.15) is 0 Å². The summed E-state index contributed by atoms with van der Waals surface area (Å²) in [6, 6.07) is 9.75. The number of fused-ring (bicyclic) bond motifs is 3. The normalized spacial score (nSPS) is 21.9. The fourth-order valence-corrected chi connectivity index (χ4v) is 4.92. The van der Waals surface area contributed by atoms with Crippen LogP contribution in [0.3, 0.4) is 0 Å². The maximum Gasteiger partial charge on any atom is 0.247 e. The van der Waals surface area contributed by atoms with Gasteiger partial charge in [0.2, 0.25) is 15.9 Å². The highest BCUT2D eigenvalue weighted by Gasteiger charge is 2.42. The molecular formula is C17H15ClFN3O3S. The quantitative estimate of drug-likeness (QED) is 0.836. The minimum absolute atomic E-state index is 0.112. The summed E-state index contributed by atoms with van der Waals surface area (Å²) < 4.78 is 41.0. The second-order valence-electron chi connectivity index (χ2n) is 6.30. The maximum atomic E-state index is 13.3. The van der Waals surface area contributed by atoms with Crippen molar-refractivity contribution in [1.29, 1.82) is 0 Å². The maximum absolute atomic E-state index is 13.3. The van der Waals surface area contributed by atoms with Gasteiger partial charge in [-0.05, 0) is 36.8 Å². The minimum Gasteiger partial charge on any atom is -0.356 e. The van der Waals surface area contributed by atoms with Crippen molar-refractivity contribution < 1.29 is 17.6 Å². The Hall–Kier alpha value is -2.16. The predicted octanol–water partition coefficient (Wildman–Crippen LogP) is 2.36. The molecule has 0 aromatic heterocycles. The van der Waals surface area contributed by atoms with Crippen LogP contribution in [0.4, 0.5) is 15.8 Å². The molecule has 1 fully saturated rings. The Morgan fingerprint density at radius 3 is 2.77 bits per heavy atom. The van der Waals surface area contributed by atoms with Gasteiger partial charge in [0.15, 0.2) is 0 Å². The number of para-hydroxylation sites is 2. The molecule has 1 saturated heterocycles. The molecule has 2 N–H and O–H groups in total. The number of halogens is 2. The van der Waals surface area contributed by atoms with Crippen LogP contribution in [0.1, 0.15) is 6.42 Å². The van der Waals surface area contributed by atoms with Gasteiger partial charge < -0.3 is 10.2 Å². The molecule has 0 spiro atoms. The predicted molar refractivity (Wildman–Crippen MR) is 96.3 cm³/mol. The number of nitrogens with zero attached hydrogens (tertiary/aromatic N) is 1. The number of carbonyl (C=O) groups excluding carboxylic acids is 1. The Labute approximate surface area is 155 Å². The lowest BCUT2D eigenvalue weighted by Gasteiger charge is -2.32. The molecule has 0 aliphatic carbocycles. The van der Waals surface area contributed by atoms with E-state index in [4.69, 9.17) is 11.6 Å². The summed E-state index contributed by atoms with van der Waals surface area (Å²) in [5.41, 5.74) is 1.58. The first-order valence-corrected chi connectivity index (χ1v) is 9.85. The van der Waals surface area contributed by atoms with Crippen molar-refractivity contribution in [3.8, 4) is 0 Å². The van der Waals surface area contributed by atoms with Crippen LogP contribution in [0.25, 0.3) is 0 Å². The Kier molecular flexibility index (Phi) is 4.13. The van der Waals surface area contributed by atoms with Crippen molar-refractivity contribution in [3.63, 3.8) is 0 Å². The largest absolute Gasteiger partial charge is 0.356 e. The number of anilines is 2. The van der Waals surface area contributed by atoms with Crippen molar-refractivity contribution >= 4 is 38.9 Å². The fraction of sp³-hybridized carbons (Fsp3) is 0.235. The number of carbonyl (C=O) groups is 1. The summed E-state index contributed by atoms with van der Waals surface area (Å²) in [6.07, 6.45) is 0.342. The highest BCUT2D eigenvalue weighted by molar-refractivity contribution is 7.89. The molecule has 0 saturated carbocycles. The van der Waals surface area contributed by atoms with E-state index in [-0.39, 0.29) is 15.8 Å². The molecule has 2 aliphatic rings. The van der Waals surface area contributed by atoms with Crippen LogP contribution in [0.2, 0.25) is 5.02 Å².